The van der Waals surface area contributed by atoms with E-state index in [9.17, 15) is 18.0 Å². The summed E-state index contributed by atoms with van der Waals surface area (Å²) in [5, 5.41) is 0. The van der Waals surface area contributed by atoms with Gasteiger partial charge in [-0.05, 0) is 29.8 Å². The predicted molar refractivity (Wildman–Crippen MR) is 77.1 cm³/mol. The molecule has 0 unspecified atom stereocenters. The van der Waals surface area contributed by atoms with E-state index in [0.717, 1.165) is 6.07 Å². The summed E-state index contributed by atoms with van der Waals surface area (Å²) in [6.07, 6.45) is -4.41. The third-order valence-corrected chi connectivity index (χ3v) is 3.01. The van der Waals surface area contributed by atoms with E-state index in [1.807, 2.05) is 0 Å². The molecule has 122 valence electrons. The fourth-order valence-corrected chi connectivity index (χ4v) is 2.15. The van der Waals surface area contributed by atoms with E-state index in [1.165, 1.54) is 26.4 Å². The molecular formula is C16H13F3O4. The molecule has 2 rings (SSSR count). The van der Waals surface area contributed by atoms with Crippen LogP contribution in [0.1, 0.15) is 10.4 Å². The number of alkyl halides is 3. The number of methoxy groups -OCH3 is 2. The summed E-state index contributed by atoms with van der Waals surface area (Å²) in [6, 6.07) is 8.58. The maximum Gasteiger partial charge on any atom is 0.573 e. The van der Waals surface area contributed by atoms with Gasteiger partial charge < -0.3 is 14.2 Å². The average Bonchev–Trinajstić information content (AvgIpc) is 2.51. The molecule has 4 nitrogen and oxygen atoms in total. The van der Waals surface area contributed by atoms with Crippen LogP contribution in [-0.2, 0) is 0 Å². The molecule has 0 radical (unpaired) electrons. The van der Waals surface area contributed by atoms with Crippen LogP contribution in [0.2, 0.25) is 0 Å². The molecule has 7 heteroatoms. The van der Waals surface area contributed by atoms with Gasteiger partial charge in [0.25, 0.3) is 0 Å². The molecule has 0 fully saturated rings. The lowest BCUT2D eigenvalue weighted by Crippen LogP contribution is -2.17. The van der Waals surface area contributed by atoms with Gasteiger partial charge in [-0.15, -0.1) is 13.2 Å². The Labute approximate surface area is 130 Å². The highest BCUT2D eigenvalue weighted by Crippen LogP contribution is 2.39. The smallest absolute Gasteiger partial charge is 0.493 e. The van der Waals surface area contributed by atoms with Crippen molar-refractivity contribution in [3.05, 3.63) is 42.0 Å². The van der Waals surface area contributed by atoms with Crippen molar-refractivity contribution in [2.75, 3.05) is 14.2 Å². The Kier molecular flexibility index (Phi) is 4.78. The number of hydrogen-bond donors (Lipinski definition) is 0. The maximum atomic E-state index is 12.4. The first kappa shape index (κ1) is 16.7. The van der Waals surface area contributed by atoms with Gasteiger partial charge in [-0.25, -0.2) is 0 Å². The number of benzene rings is 2. The number of carbonyl (C=O) groups excluding carboxylic acids is 1. The molecule has 0 N–H and O–H groups in total. The number of para-hydroxylation sites is 1. The summed E-state index contributed by atoms with van der Waals surface area (Å²) in [5.41, 5.74) is 0.860. The van der Waals surface area contributed by atoms with Crippen LogP contribution < -0.4 is 14.2 Å². The first-order valence-corrected chi connectivity index (χ1v) is 6.45. The maximum absolute atomic E-state index is 12.4. The minimum atomic E-state index is -4.85. The fourth-order valence-electron chi connectivity index (χ4n) is 2.15. The van der Waals surface area contributed by atoms with Gasteiger partial charge in [0.05, 0.1) is 14.2 Å². The van der Waals surface area contributed by atoms with Crippen LogP contribution in [0.15, 0.2) is 36.4 Å². The molecule has 0 saturated heterocycles. The highest BCUT2D eigenvalue weighted by molar-refractivity contribution is 5.82. The van der Waals surface area contributed by atoms with Crippen LogP contribution >= 0.6 is 0 Å². The molecule has 2 aromatic carbocycles. The number of rotatable bonds is 5. The molecule has 0 saturated carbocycles. The lowest BCUT2D eigenvalue weighted by molar-refractivity contribution is -0.274. The van der Waals surface area contributed by atoms with E-state index in [2.05, 4.69) is 4.74 Å². The van der Waals surface area contributed by atoms with Gasteiger partial charge >= 0.3 is 6.36 Å². The van der Waals surface area contributed by atoms with Crippen LogP contribution in [0.5, 0.6) is 17.2 Å². The van der Waals surface area contributed by atoms with Crippen molar-refractivity contribution >= 4 is 6.29 Å². The number of aldehydes is 1. The normalized spacial score (nSPS) is 11.0. The Morgan fingerprint density at radius 3 is 2.35 bits per heavy atom. The van der Waals surface area contributed by atoms with Crippen molar-refractivity contribution < 1.29 is 32.2 Å². The standard InChI is InChI=1S/C16H13F3O4/c1-21-14-5-3-4-13(15(14)22-2)11-6-10(9-20)7-12(8-11)23-16(17,18)19/h3-9H,1-2H3. The largest absolute Gasteiger partial charge is 0.573 e. The average molecular weight is 326 g/mol. The predicted octanol–water partition coefficient (Wildman–Crippen LogP) is 4.08. The Bertz CT molecular complexity index is 711. The SMILES string of the molecule is COc1cccc(-c2cc(C=O)cc(OC(F)(F)F)c2)c1OC. The lowest BCUT2D eigenvalue weighted by Gasteiger charge is -2.15. The zero-order valence-corrected chi connectivity index (χ0v) is 12.3. The third-order valence-electron chi connectivity index (χ3n) is 3.01. The quantitative estimate of drug-likeness (QED) is 0.777. The minimum absolute atomic E-state index is 0.0478. The summed E-state index contributed by atoms with van der Waals surface area (Å²) >= 11 is 0. The van der Waals surface area contributed by atoms with Gasteiger partial charge in [-0.3, -0.25) is 4.79 Å². The van der Waals surface area contributed by atoms with Crippen LogP contribution in [0, 0.1) is 0 Å². The summed E-state index contributed by atoms with van der Waals surface area (Å²) in [4.78, 5) is 11.0. The van der Waals surface area contributed by atoms with Crippen molar-refractivity contribution in [2.24, 2.45) is 0 Å². The van der Waals surface area contributed by atoms with E-state index >= 15 is 0 Å². The second-order valence-corrected chi connectivity index (χ2v) is 4.50. The molecule has 0 amide bonds. The molecule has 0 aliphatic heterocycles. The third kappa shape index (κ3) is 3.94. The van der Waals surface area contributed by atoms with Gasteiger partial charge in [-0.1, -0.05) is 12.1 Å². The van der Waals surface area contributed by atoms with E-state index < -0.39 is 12.1 Å². The first-order valence-electron chi connectivity index (χ1n) is 6.45. The molecule has 0 aromatic heterocycles. The van der Waals surface area contributed by atoms with Gasteiger partial charge in [-0.2, -0.15) is 0 Å². The number of hydrogen-bond acceptors (Lipinski definition) is 4. The second kappa shape index (κ2) is 6.60. The lowest BCUT2D eigenvalue weighted by atomic mass is 10.0. The van der Waals surface area contributed by atoms with Crippen molar-refractivity contribution in [1.82, 2.24) is 0 Å². The molecule has 0 spiro atoms. The van der Waals surface area contributed by atoms with Crippen molar-refractivity contribution in [3.63, 3.8) is 0 Å². The van der Waals surface area contributed by atoms with E-state index in [0.29, 0.717) is 28.9 Å². The van der Waals surface area contributed by atoms with Gasteiger partial charge in [0.1, 0.15) is 12.0 Å². The van der Waals surface area contributed by atoms with Crippen molar-refractivity contribution in [3.8, 4) is 28.4 Å². The molecular weight excluding hydrogens is 313 g/mol. The van der Waals surface area contributed by atoms with E-state index in [-0.39, 0.29) is 5.56 Å². The zero-order valence-electron chi connectivity index (χ0n) is 12.3. The van der Waals surface area contributed by atoms with Crippen LogP contribution in [0.4, 0.5) is 13.2 Å². The van der Waals surface area contributed by atoms with Crippen LogP contribution in [-0.4, -0.2) is 26.9 Å². The number of halogens is 3. The minimum Gasteiger partial charge on any atom is -0.493 e. The van der Waals surface area contributed by atoms with Crippen molar-refractivity contribution in [1.29, 1.82) is 0 Å². The number of carbonyl (C=O) groups is 1. The highest BCUT2D eigenvalue weighted by atomic mass is 19.4. The zero-order chi connectivity index (χ0) is 17.0. The highest BCUT2D eigenvalue weighted by Gasteiger charge is 2.31. The first-order chi connectivity index (χ1) is 10.9. The van der Waals surface area contributed by atoms with Gasteiger partial charge in [0.2, 0.25) is 0 Å². The van der Waals surface area contributed by atoms with Gasteiger partial charge in [0, 0.05) is 11.1 Å². The molecule has 23 heavy (non-hydrogen) atoms. The van der Waals surface area contributed by atoms with Crippen LogP contribution in [0.3, 0.4) is 0 Å². The Hall–Kier alpha value is -2.70. The second-order valence-electron chi connectivity index (χ2n) is 4.50. The van der Waals surface area contributed by atoms with Crippen LogP contribution in [0.25, 0.3) is 11.1 Å². The summed E-state index contributed by atoms with van der Waals surface area (Å²) in [7, 11) is 2.86. The van der Waals surface area contributed by atoms with Gasteiger partial charge in [0.15, 0.2) is 11.5 Å². The van der Waals surface area contributed by atoms with E-state index in [4.69, 9.17) is 9.47 Å². The summed E-state index contributed by atoms with van der Waals surface area (Å²) < 4.78 is 51.6. The summed E-state index contributed by atoms with van der Waals surface area (Å²) in [6.45, 7) is 0. The monoisotopic (exact) mass is 326 g/mol. The summed E-state index contributed by atoms with van der Waals surface area (Å²) in [5.74, 6) is 0.276. The Morgan fingerprint density at radius 2 is 1.78 bits per heavy atom. The molecule has 2 aromatic rings. The van der Waals surface area contributed by atoms with E-state index in [1.54, 1.807) is 18.2 Å². The topological polar surface area (TPSA) is 44.8 Å². The molecule has 0 bridgehead atoms. The molecule has 0 heterocycles. The molecule has 0 atom stereocenters. The Balaban J connectivity index is 2.59. The number of ether oxygens (including phenoxy) is 3. The Morgan fingerprint density at radius 1 is 1.04 bits per heavy atom. The fraction of sp³-hybridized carbons (Fsp3) is 0.188. The molecule has 0 aliphatic rings. The molecule has 0 aliphatic carbocycles. The van der Waals surface area contributed by atoms with Crippen molar-refractivity contribution in [2.45, 2.75) is 6.36 Å².